The normalized spacial score (nSPS) is 16.1. The number of aromatic carboxylic acids is 1. The number of carbonyl (C=O) groups is 1. The molecule has 1 fully saturated rings. The van der Waals surface area contributed by atoms with Crippen LogP contribution < -0.4 is 4.74 Å². The molecule has 1 saturated carbocycles. The molecule has 1 aliphatic rings. The number of carboxylic acids is 1. The van der Waals surface area contributed by atoms with Gasteiger partial charge in [0, 0.05) is 6.20 Å². The van der Waals surface area contributed by atoms with Crippen LogP contribution in [0.25, 0.3) is 0 Å². The van der Waals surface area contributed by atoms with Crippen molar-refractivity contribution in [1.82, 2.24) is 9.97 Å². The van der Waals surface area contributed by atoms with E-state index >= 15 is 0 Å². The van der Waals surface area contributed by atoms with Crippen LogP contribution in [0.3, 0.4) is 0 Å². The number of aromatic nitrogens is 2. The molecule has 1 N–H and O–H groups in total. The third-order valence-electron chi connectivity index (χ3n) is 3.11. The molecule has 0 radical (unpaired) electrons. The van der Waals surface area contributed by atoms with Crippen molar-refractivity contribution in [2.75, 3.05) is 6.61 Å². The van der Waals surface area contributed by atoms with E-state index in [0.717, 1.165) is 0 Å². The predicted molar refractivity (Wildman–Crippen MR) is 61.2 cm³/mol. The fourth-order valence-electron chi connectivity index (χ4n) is 2.09. The highest BCUT2D eigenvalue weighted by Crippen LogP contribution is 2.25. The van der Waals surface area contributed by atoms with Crippen LogP contribution in [-0.2, 0) is 0 Å². The van der Waals surface area contributed by atoms with Gasteiger partial charge in [-0.2, -0.15) is 4.98 Å². The lowest BCUT2D eigenvalue weighted by atomic mass is 10.1. The number of ether oxygens (including phenoxy) is 1. The second kappa shape index (κ2) is 5.12. The zero-order chi connectivity index (χ0) is 12.3. The van der Waals surface area contributed by atoms with Crippen LogP contribution in [0.1, 0.15) is 41.7 Å². The summed E-state index contributed by atoms with van der Waals surface area (Å²) in [6.45, 7) is 2.28. The molecule has 0 aliphatic heterocycles. The van der Waals surface area contributed by atoms with Gasteiger partial charge in [0.2, 0.25) is 0 Å². The lowest BCUT2D eigenvalue weighted by molar-refractivity contribution is 0.0694. The Morgan fingerprint density at radius 1 is 1.53 bits per heavy atom. The second-order valence-corrected chi connectivity index (χ2v) is 4.42. The summed E-state index contributed by atoms with van der Waals surface area (Å²) in [4.78, 5) is 18.7. The summed E-state index contributed by atoms with van der Waals surface area (Å²) in [5.41, 5.74) is 0.562. The van der Waals surface area contributed by atoms with Gasteiger partial charge in [0.05, 0.1) is 17.9 Å². The third-order valence-corrected chi connectivity index (χ3v) is 3.11. The summed E-state index contributed by atoms with van der Waals surface area (Å²) in [5, 5.41) is 8.84. The maximum absolute atomic E-state index is 10.8. The predicted octanol–water partition coefficient (Wildman–Crippen LogP) is 2.05. The monoisotopic (exact) mass is 236 g/mol. The molecule has 0 aromatic carbocycles. The van der Waals surface area contributed by atoms with Gasteiger partial charge in [0.25, 0.3) is 0 Å². The van der Waals surface area contributed by atoms with Crippen LogP contribution in [0.4, 0.5) is 0 Å². The molecule has 17 heavy (non-hydrogen) atoms. The highest BCUT2D eigenvalue weighted by atomic mass is 16.5. The lowest BCUT2D eigenvalue weighted by Crippen LogP contribution is -2.11. The molecule has 0 saturated heterocycles. The van der Waals surface area contributed by atoms with E-state index in [1.165, 1.54) is 31.9 Å². The molecular weight excluding hydrogens is 220 g/mol. The molecule has 5 nitrogen and oxygen atoms in total. The SMILES string of the molecule is Cc1nc(OCC2CCCC2)ncc1C(=O)O. The van der Waals surface area contributed by atoms with Crippen LogP contribution in [0.2, 0.25) is 0 Å². The van der Waals surface area contributed by atoms with E-state index in [4.69, 9.17) is 9.84 Å². The van der Waals surface area contributed by atoms with Gasteiger partial charge in [-0.3, -0.25) is 0 Å². The fraction of sp³-hybridized carbons (Fsp3) is 0.583. The minimum absolute atomic E-state index is 0.123. The zero-order valence-electron chi connectivity index (χ0n) is 9.85. The van der Waals surface area contributed by atoms with Gasteiger partial charge in [0.15, 0.2) is 0 Å². The summed E-state index contributed by atoms with van der Waals surface area (Å²) >= 11 is 0. The minimum Gasteiger partial charge on any atom is -0.478 e. The Kier molecular flexibility index (Phi) is 3.56. The highest BCUT2D eigenvalue weighted by Gasteiger charge is 2.16. The Morgan fingerprint density at radius 2 is 2.24 bits per heavy atom. The van der Waals surface area contributed by atoms with Crippen LogP contribution in [0.15, 0.2) is 6.20 Å². The molecule has 1 aliphatic carbocycles. The largest absolute Gasteiger partial charge is 0.478 e. The molecule has 0 atom stereocenters. The van der Waals surface area contributed by atoms with Crippen molar-refractivity contribution in [2.45, 2.75) is 32.6 Å². The van der Waals surface area contributed by atoms with E-state index in [0.29, 0.717) is 18.2 Å². The Bertz CT molecular complexity index is 414. The molecular formula is C12H16N2O3. The molecule has 1 aromatic rings. The number of carboxylic acid groups (broad SMARTS) is 1. The molecule has 0 unspecified atom stereocenters. The Balaban J connectivity index is 1.97. The fourth-order valence-corrected chi connectivity index (χ4v) is 2.09. The van der Waals surface area contributed by atoms with Gasteiger partial charge >= 0.3 is 12.0 Å². The molecule has 0 bridgehead atoms. The van der Waals surface area contributed by atoms with Gasteiger partial charge in [-0.05, 0) is 25.7 Å². The zero-order valence-corrected chi connectivity index (χ0v) is 9.85. The molecule has 0 amide bonds. The number of rotatable bonds is 4. The summed E-state index contributed by atoms with van der Waals surface area (Å²) in [5.74, 6) is -0.414. The van der Waals surface area contributed by atoms with Crippen LogP contribution >= 0.6 is 0 Å². The lowest BCUT2D eigenvalue weighted by Gasteiger charge is -2.10. The molecule has 0 spiro atoms. The smallest absolute Gasteiger partial charge is 0.339 e. The van der Waals surface area contributed by atoms with Gasteiger partial charge in [0.1, 0.15) is 0 Å². The number of hydrogen-bond donors (Lipinski definition) is 1. The Morgan fingerprint density at radius 3 is 2.82 bits per heavy atom. The summed E-state index contributed by atoms with van der Waals surface area (Å²) in [7, 11) is 0. The van der Waals surface area contributed by atoms with E-state index < -0.39 is 5.97 Å². The van der Waals surface area contributed by atoms with Gasteiger partial charge in [-0.1, -0.05) is 12.8 Å². The molecule has 5 heteroatoms. The summed E-state index contributed by atoms with van der Waals surface area (Å²) in [6, 6.07) is 0.277. The van der Waals surface area contributed by atoms with E-state index in [-0.39, 0.29) is 11.6 Å². The Hall–Kier alpha value is -1.65. The highest BCUT2D eigenvalue weighted by molar-refractivity contribution is 5.88. The van der Waals surface area contributed by atoms with E-state index in [1.807, 2.05) is 0 Å². The van der Waals surface area contributed by atoms with Gasteiger partial charge in [-0.25, -0.2) is 9.78 Å². The van der Waals surface area contributed by atoms with E-state index in [2.05, 4.69) is 9.97 Å². The summed E-state index contributed by atoms with van der Waals surface area (Å²) < 4.78 is 5.49. The second-order valence-electron chi connectivity index (χ2n) is 4.42. The van der Waals surface area contributed by atoms with Crippen molar-refractivity contribution < 1.29 is 14.6 Å². The average molecular weight is 236 g/mol. The topological polar surface area (TPSA) is 72.3 Å². The number of nitrogens with zero attached hydrogens (tertiary/aromatic N) is 2. The molecule has 1 aromatic heterocycles. The van der Waals surface area contributed by atoms with Crippen LogP contribution in [0, 0.1) is 12.8 Å². The summed E-state index contributed by atoms with van der Waals surface area (Å²) in [6.07, 6.45) is 6.24. The maximum Gasteiger partial charge on any atom is 0.339 e. The molecule has 92 valence electrons. The van der Waals surface area contributed by atoms with Crippen LogP contribution in [-0.4, -0.2) is 27.7 Å². The third kappa shape index (κ3) is 2.93. The first-order chi connectivity index (χ1) is 8.16. The van der Waals surface area contributed by atoms with Crippen molar-refractivity contribution in [1.29, 1.82) is 0 Å². The maximum atomic E-state index is 10.8. The standard InChI is InChI=1S/C12H16N2O3/c1-8-10(11(15)16)6-13-12(14-8)17-7-9-4-2-3-5-9/h6,9H,2-5,7H2,1H3,(H,15,16). The molecule has 2 rings (SSSR count). The van der Waals surface area contributed by atoms with Crippen molar-refractivity contribution in [3.63, 3.8) is 0 Å². The van der Waals surface area contributed by atoms with Crippen molar-refractivity contribution in [3.05, 3.63) is 17.5 Å². The van der Waals surface area contributed by atoms with Crippen LogP contribution in [0.5, 0.6) is 6.01 Å². The minimum atomic E-state index is -1.01. The van der Waals surface area contributed by atoms with Gasteiger partial charge in [-0.15, -0.1) is 0 Å². The first kappa shape index (κ1) is 11.8. The molecule has 1 heterocycles. The number of aryl methyl sites for hydroxylation is 1. The van der Waals surface area contributed by atoms with E-state index in [1.54, 1.807) is 6.92 Å². The van der Waals surface area contributed by atoms with Crippen molar-refractivity contribution in [2.24, 2.45) is 5.92 Å². The average Bonchev–Trinajstić information content (AvgIpc) is 2.78. The Labute approximate surface area is 99.9 Å². The first-order valence-electron chi connectivity index (χ1n) is 5.86. The first-order valence-corrected chi connectivity index (χ1v) is 5.86. The van der Waals surface area contributed by atoms with E-state index in [9.17, 15) is 4.79 Å². The number of hydrogen-bond acceptors (Lipinski definition) is 4. The van der Waals surface area contributed by atoms with Gasteiger partial charge < -0.3 is 9.84 Å². The van der Waals surface area contributed by atoms with Crippen molar-refractivity contribution in [3.8, 4) is 6.01 Å². The quantitative estimate of drug-likeness (QED) is 0.866. The van der Waals surface area contributed by atoms with Crippen molar-refractivity contribution >= 4 is 5.97 Å².